The van der Waals surface area contributed by atoms with Crippen molar-refractivity contribution >= 4 is 23.3 Å². The molecule has 0 atom stereocenters. The second-order valence-electron chi connectivity index (χ2n) is 4.80. The fourth-order valence-corrected chi connectivity index (χ4v) is 2.46. The topological polar surface area (TPSA) is 72.6 Å². The summed E-state index contributed by atoms with van der Waals surface area (Å²) in [5.41, 5.74) is 9.19. The van der Waals surface area contributed by atoms with Gasteiger partial charge in [-0.3, -0.25) is 4.79 Å². The van der Waals surface area contributed by atoms with E-state index in [2.05, 4.69) is 4.74 Å². The molecule has 1 amide bonds. The van der Waals surface area contributed by atoms with Gasteiger partial charge in [0.1, 0.15) is 0 Å². The van der Waals surface area contributed by atoms with E-state index in [1.165, 1.54) is 7.11 Å². The maximum absolute atomic E-state index is 12.4. The van der Waals surface area contributed by atoms with Crippen molar-refractivity contribution < 1.29 is 14.3 Å². The van der Waals surface area contributed by atoms with Crippen LogP contribution in [0.25, 0.3) is 0 Å². The number of ether oxygens (including phenoxy) is 1. The molecule has 0 unspecified atom stereocenters. The lowest BCUT2D eigenvalue weighted by atomic mass is 10.1. The molecule has 2 aromatic rings. The van der Waals surface area contributed by atoms with Gasteiger partial charge in [-0.2, -0.15) is 0 Å². The van der Waals surface area contributed by atoms with Gasteiger partial charge >= 0.3 is 5.97 Å². The normalized spacial score (nSPS) is 13.2. The largest absolute Gasteiger partial charge is 0.465 e. The summed E-state index contributed by atoms with van der Waals surface area (Å²) in [5.74, 6) is -0.482. The molecule has 5 heteroatoms. The summed E-state index contributed by atoms with van der Waals surface area (Å²) in [7, 11) is 1.33. The molecule has 0 aliphatic carbocycles. The van der Waals surface area contributed by atoms with Crippen LogP contribution in [0, 0.1) is 0 Å². The summed E-state index contributed by atoms with van der Waals surface area (Å²) in [5, 5.41) is 0. The Labute approximate surface area is 121 Å². The zero-order valence-electron chi connectivity index (χ0n) is 11.5. The van der Waals surface area contributed by atoms with Crippen LogP contribution >= 0.6 is 0 Å². The Morgan fingerprint density at radius 3 is 2.52 bits per heavy atom. The summed E-state index contributed by atoms with van der Waals surface area (Å²) in [6.07, 6.45) is 0. The number of nitrogen functional groups attached to an aromatic ring is 1. The Kier molecular flexibility index (Phi) is 3.10. The zero-order valence-corrected chi connectivity index (χ0v) is 11.5. The molecule has 0 spiro atoms. The van der Waals surface area contributed by atoms with E-state index < -0.39 is 5.97 Å². The number of nitrogens with two attached hydrogens (primary N) is 1. The van der Waals surface area contributed by atoms with Gasteiger partial charge < -0.3 is 15.4 Å². The van der Waals surface area contributed by atoms with Crippen LogP contribution in [0.2, 0.25) is 0 Å². The van der Waals surface area contributed by atoms with Crippen molar-refractivity contribution in [2.75, 3.05) is 17.7 Å². The van der Waals surface area contributed by atoms with E-state index in [-0.39, 0.29) is 5.91 Å². The highest BCUT2D eigenvalue weighted by atomic mass is 16.5. The number of hydrogen-bond donors (Lipinski definition) is 1. The van der Waals surface area contributed by atoms with E-state index in [0.29, 0.717) is 23.4 Å². The van der Waals surface area contributed by atoms with Crippen molar-refractivity contribution in [3.05, 3.63) is 59.2 Å². The fraction of sp³-hybridized carbons (Fsp3) is 0.125. The third-order valence-electron chi connectivity index (χ3n) is 3.60. The van der Waals surface area contributed by atoms with E-state index in [0.717, 1.165) is 11.3 Å². The highest BCUT2D eigenvalue weighted by molar-refractivity contribution is 6.11. The highest BCUT2D eigenvalue weighted by Crippen LogP contribution is 2.31. The molecule has 21 heavy (non-hydrogen) atoms. The molecule has 1 aliphatic rings. The number of hydrogen-bond acceptors (Lipinski definition) is 4. The minimum Gasteiger partial charge on any atom is -0.465 e. The number of nitrogens with zero attached hydrogens (tertiary/aromatic N) is 1. The Balaban J connectivity index is 1.91. The van der Waals surface area contributed by atoms with Gasteiger partial charge in [0, 0.05) is 22.5 Å². The van der Waals surface area contributed by atoms with Gasteiger partial charge in [0.05, 0.1) is 19.2 Å². The van der Waals surface area contributed by atoms with Gasteiger partial charge in [-0.1, -0.05) is 6.07 Å². The lowest BCUT2D eigenvalue weighted by Gasteiger charge is -2.16. The Bertz CT molecular complexity index is 723. The first-order chi connectivity index (χ1) is 10.1. The minimum absolute atomic E-state index is 0.0804. The number of esters is 1. The van der Waals surface area contributed by atoms with Gasteiger partial charge in [0.15, 0.2) is 0 Å². The van der Waals surface area contributed by atoms with Gasteiger partial charge in [-0.25, -0.2) is 4.79 Å². The molecule has 2 aromatic carbocycles. The number of amides is 1. The molecule has 3 rings (SSSR count). The van der Waals surface area contributed by atoms with Crippen LogP contribution in [-0.2, 0) is 11.3 Å². The van der Waals surface area contributed by atoms with E-state index >= 15 is 0 Å². The Morgan fingerprint density at radius 1 is 1.19 bits per heavy atom. The predicted molar refractivity (Wildman–Crippen MR) is 79.1 cm³/mol. The maximum Gasteiger partial charge on any atom is 0.337 e. The monoisotopic (exact) mass is 282 g/mol. The highest BCUT2D eigenvalue weighted by Gasteiger charge is 2.29. The molecular weight excluding hydrogens is 268 g/mol. The molecule has 106 valence electrons. The maximum atomic E-state index is 12.4. The third kappa shape index (κ3) is 2.12. The smallest absolute Gasteiger partial charge is 0.337 e. The standard InChI is InChI=1S/C16H14N2O3/c1-21-16(20)10-5-7-11(8-6-10)18-9-13-12(15(18)19)3-2-4-14(13)17/h2-8H,9,17H2,1H3. The number of benzene rings is 2. The number of fused-ring (bicyclic) bond motifs is 1. The fourth-order valence-electron chi connectivity index (χ4n) is 2.46. The second kappa shape index (κ2) is 4.94. The molecule has 1 aliphatic heterocycles. The predicted octanol–water partition coefficient (Wildman–Crippen LogP) is 2.22. The van der Waals surface area contributed by atoms with Crippen LogP contribution in [0.4, 0.5) is 11.4 Å². The number of carbonyl (C=O) groups excluding carboxylic acids is 2. The van der Waals surface area contributed by atoms with Gasteiger partial charge in [0.25, 0.3) is 5.91 Å². The van der Waals surface area contributed by atoms with Gasteiger partial charge in [0.2, 0.25) is 0 Å². The second-order valence-corrected chi connectivity index (χ2v) is 4.80. The molecule has 1 heterocycles. The van der Waals surface area contributed by atoms with Crippen LogP contribution in [0.5, 0.6) is 0 Å². The minimum atomic E-state index is -0.401. The first-order valence-corrected chi connectivity index (χ1v) is 6.49. The van der Waals surface area contributed by atoms with Crippen LogP contribution in [0.3, 0.4) is 0 Å². The summed E-state index contributed by atoms with van der Waals surface area (Å²) in [6, 6.07) is 12.1. The molecule has 2 N–H and O–H groups in total. The summed E-state index contributed by atoms with van der Waals surface area (Å²) < 4.78 is 4.65. The number of methoxy groups -OCH3 is 1. The number of carbonyl (C=O) groups is 2. The van der Waals surface area contributed by atoms with E-state index in [4.69, 9.17) is 5.73 Å². The van der Waals surface area contributed by atoms with Crippen molar-refractivity contribution in [1.82, 2.24) is 0 Å². The van der Waals surface area contributed by atoms with E-state index in [9.17, 15) is 9.59 Å². The number of anilines is 2. The van der Waals surface area contributed by atoms with E-state index in [1.807, 2.05) is 0 Å². The van der Waals surface area contributed by atoms with Crippen LogP contribution in [-0.4, -0.2) is 19.0 Å². The first kappa shape index (κ1) is 13.2. The van der Waals surface area contributed by atoms with Crippen LogP contribution in [0.15, 0.2) is 42.5 Å². The zero-order chi connectivity index (χ0) is 15.0. The summed E-state index contributed by atoms with van der Waals surface area (Å²) >= 11 is 0. The molecule has 0 saturated carbocycles. The molecular formula is C16H14N2O3. The SMILES string of the molecule is COC(=O)c1ccc(N2Cc3c(N)cccc3C2=O)cc1. The van der Waals surface area contributed by atoms with Crippen molar-refractivity contribution in [2.24, 2.45) is 0 Å². The lowest BCUT2D eigenvalue weighted by Crippen LogP contribution is -2.23. The van der Waals surface area contributed by atoms with Gasteiger partial charge in [-0.15, -0.1) is 0 Å². The van der Waals surface area contributed by atoms with Crippen molar-refractivity contribution in [2.45, 2.75) is 6.54 Å². The molecule has 0 saturated heterocycles. The van der Waals surface area contributed by atoms with Crippen molar-refractivity contribution in [3.8, 4) is 0 Å². The summed E-state index contributed by atoms with van der Waals surface area (Å²) in [4.78, 5) is 25.5. The third-order valence-corrected chi connectivity index (χ3v) is 3.60. The van der Waals surface area contributed by atoms with Gasteiger partial charge in [-0.05, 0) is 36.4 Å². The Hall–Kier alpha value is -2.82. The lowest BCUT2D eigenvalue weighted by molar-refractivity contribution is 0.0600. The molecule has 0 aromatic heterocycles. The number of rotatable bonds is 2. The Morgan fingerprint density at radius 2 is 1.90 bits per heavy atom. The molecule has 0 fully saturated rings. The van der Waals surface area contributed by atoms with Crippen LogP contribution in [0.1, 0.15) is 26.3 Å². The molecule has 0 bridgehead atoms. The van der Waals surface area contributed by atoms with E-state index in [1.54, 1.807) is 47.4 Å². The molecule has 0 radical (unpaired) electrons. The average Bonchev–Trinajstić information content (AvgIpc) is 2.85. The van der Waals surface area contributed by atoms with Crippen molar-refractivity contribution in [3.63, 3.8) is 0 Å². The first-order valence-electron chi connectivity index (χ1n) is 6.49. The van der Waals surface area contributed by atoms with Crippen molar-refractivity contribution in [1.29, 1.82) is 0 Å². The summed E-state index contributed by atoms with van der Waals surface area (Å²) in [6.45, 7) is 0.443. The molecule has 5 nitrogen and oxygen atoms in total. The average molecular weight is 282 g/mol. The van der Waals surface area contributed by atoms with Crippen LogP contribution < -0.4 is 10.6 Å². The quantitative estimate of drug-likeness (QED) is 0.677.